The number of carbonyl (C=O) groups excluding carboxylic acids is 1. The van der Waals surface area contributed by atoms with Gasteiger partial charge in [0.05, 0.1) is 24.5 Å². The highest BCUT2D eigenvalue weighted by Crippen LogP contribution is 2.37. The van der Waals surface area contributed by atoms with Gasteiger partial charge in [0, 0.05) is 41.2 Å². The number of amides is 1. The van der Waals surface area contributed by atoms with E-state index in [0.717, 1.165) is 28.1 Å². The van der Waals surface area contributed by atoms with Crippen molar-refractivity contribution in [2.24, 2.45) is 0 Å². The highest BCUT2D eigenvalue weighted by molar-refractivity contribution is 7.86. The molecule has 3 aromatic rings. The van der Waals surface area contributed by atoms with Crippen LogP contribution in [-0.4, -0.2) is 53.3 Å². The Morgan fingerprint density at radius 1 is 1.17 bits per heavy atom. The van der Waals surface area contributed by atoms with Crippen molar-refractivity contribution >= 4 is 27.4 Å². The van der Waals surface area contributed by atoms with E-state index in [1.54, 1.807) is 10.3 Å². The molecule has 0 saturated carbocycles. The Balaban J connectivity index is 1.19. The third-order valence-electron chi connectivity index (χ3n) is 6.87. The summed E-state index contributed by atoms with van der Waals surface area (Å²) in [6.07, 6.45) is -3.38. The number of halogens is 4. The largest absolute Gasteiger partial charge is 0.435 e. The molecule has 1 saturated heterocycles. The van der Waals surface area contributed by atoms with Crippen LogP contribution in [0, 0.1) is 12.7 Å². The van der Waals surface area contributed by atoms with Gasteiger partial charge in [0.2, 0.25) is 12.2 Å². The lowest BCUT2D eigenvalue weighted by molar-refractivity contribution is -0.155. The fourth-order valence-corrected chi connectivity index (χ4v) is 6.22. The number of hydrogen-bond donors (Lipinski definition) is 0. The van der Waals surface area contributed by atoms with Gasteiger partial charge in [-0.15, -0.1) is 11.3 Å². The van der Waals surface area contributed by atoms with Crippen LogP contribution in [0.4, 0.5) is 17.6 Å². The summed E-state index contributed by atoms with van der Waals surface area (Å²) in [7, 11) is -3.84. The number of nitrogens with zero attached hydrogens (tertiary/aromatic N) is 4. The van der Waals surface area contributed by atoms with Gasteiger partial charge in [0.1, 0.15) is 23.8 Å². The van der Waals surface area contributed by atoms with Gasteiger partial charge in [0.25, 0.3) is 0 Å². The molecule has 1 amide bonds. The van der Waals surface area contributed by atoms with Crippen LogP contribution in [0.2, 0.25) is 0 Å². The first-order valence-corrected chi connectivity index (χ1v) is 15.3. The van der Waals surface area contributed by atoms with Crippen LogP contribution in [0.1, 0.15) is 58.3 Å². The number of benzene rings is 1. The van der Waals surface area contributed by atoms with E-state index >= 15 is 0 Å². The van der Waals surface area contributed by atoms with Gasteiger partial charge in [-0.2, -0.15) is 26.7 Å². The molecule has 41 heavy (non-hydrogen) atoms. The Hall–Kier alpha value is -3.08. The molecule has 1 fully saturated rings. The molecule has 1 unspecified atom stereocenters. The second-order valence-electron chi connectivity index (χ2n) is 9.84. The van der Waals surface area contributed by atoms with Gasteiger partial charge >= 0.3 is 16.3 Å². The van der Waals surface area contributed by atoms with Crippen molar-refractivity contribution in [3.05, 3.63) is 62.6 Å². The van der Waals surface area contributed by atoms with Crippen molar-refractivity contribution in [1.29, 1.82) is 0 Å². The van der Waals surface area contributed by atoms with Crippen LogP contribution in [0.15, 0.2) is 23.6 Å². The highest BCUT2D eigenvalue weighted by Gasteiger charge is 2.35. The zero-order chi connectivity index (χ0) is 29.5. The SMILES string of the molecule is Cc1cc(C(F)(F)F)nn1CC(=O)N1CCC(c2nc(C3OCc4c(F)ccc(OS(C)(=O)=O)c4CO3)cs2)CC1. The molecule has 2 aromatic heterocycles. The molecule has 0 radical (unpaired) electrons. The fourth-order valence-electron chi connectivity index (χ4n) is 4.74. The van der Waals surface area contributed by atoms with Crippen molar-refractivity contribution in [1.82, 2.24) is 19.7 Å². The number of likely N-dealkylation sites (tertiary alicyclic amines) is 1. The second-order valence-corrected chi connectivity index (χ2v) is 12.3. The van der Waals surface area contributed by atoms with Gasteiger partial charge in [0.15, 0.2) is 5.69 Å². The third-order valence-corrected chi connectivity index (χ3v) is 8.37. The van der Waals surface area contributed by atoms with E-state index in [2.05, 4.69) is 10.1 Å². The number of piperidine rings is 1. The maximum Gasteiger partial charge on any atom is 0.435 e. The summed E-state index contributed by atoms with van der Waals surface area (Å²) in [5.74, 6) is -0.864. The van der Waals surface area contributed by atoms with E-state index in [9.17, 15) is 30.8 Å². The van der Waals surface area contributed by atoms with E-state index < -0.39 is 34.1 Å². The summed E-state index contributed by atoms with van der Waals surface area (Å²) in [4.78, 5) is 19.0. The molecule has 4 heterocycles. The van der Waals surface area contributed by atoms with Crippen molar-refractivity contribution in [3.8, 4) is 5.75 Å². The molecule has 0 N–H and O–H groups in total. The predicted molar refractivity (Wildman–Crippen MR) is 137 cm³/mol. The summed E-state index contributed by atoms with van der Waals surface area (Å²) in [5.41, 5.74) is 0.0894. The minimum Gasteiger partial charge on any atom is -0.382 e. The molecule has 5 rings (SSSR count). The molecule has 0 bridgehead atoms. The number of thiazole rings is 1. The average molecular weight is 619 g/mol. The Labute approximate surface area is 237 Å². The summed E-state index contributed by atoms with van der Waals surface area (Å²) in [6, 6.07) is 3.25. The maximum atomic E-state index is 14.5. The van der Waals surface area contributed by atoms with Crippen molar-refractivity contribution in [2.45, 2.75) is 57.9 Å². The zero-order valence-electron chi connectivity index (χ0n) is 22.0. The molecule has 2 aliphatic rings. The van der Waals surface area contributed by atoms with E-state index in [4.69, 9.17) is 13.7 Å². The fraction of sp³-hybridized carbons (Fsp3) is 0.480. The molecular formula is C25H26F4N4O6S2. The first-order valence-electron chi connectivity index (χ1n) is 12.6. The lowest BCUT2D eigenvalue weighted by atomic mass is 9.97. The number of rotatable bonds is 6. The number of aromatic nitrogens is 3. The second kappa shape index (κ2) is 11.3. The minimum atomic E-state index is -4.58. The smallest absolute Gasteiger partial charge is 0.382 e. The summed E-state index contributed by atoms with van der Waals surface area (Å²) in [5, 5.41) is 6.11. The van der Waals surface area contributed by atoms with Crippen molar-refractivity contribution < 1.29 is 44.4 Å². The maximum absolute atomic E-state index is 14.5. The van der Waals surface area contributed by atoms with E-state index in [0.29, 0.717) is 31.6 Å². The Kier molecular flexibility index (Phi) is 8.11. The summed E-state index contributed by atoms with van der Waals surface area (Å²) >= 11 is 1.40. The first kappa shape index (κ1) is 29.4. The van der Waals surface area contributed by atoms with Crippen LogP contribution in [0.5, 0.6) is 5.75 Å². The Bertz CT molecular complexity index is 1550. The number of aryl methyl sites for hydroxylation is 1. The molecular weight excluding hydrogens is 592 g/mol. The van der Waals surface area contributed by atoms with Gasteiger partial charge < -0.3 is 18.6 Å². The Morgan fingerprint density at radius 2 is 1.85 bits per heavy atom. The molecule has 16 heteroatoms. The van der Waals surface area contributed by atoms with Crippen LogP contribution in [0.3, 0.4) is 0 Å². The number of hydrogen-bond acceptors (Lipinski definition) is 9. The predicted octanol–water partition coefficient (Wildman–Crippen LogP) is 4.30. The molecule has 0 spiro atoms. The number of alkyl halides is 3. The molecule has 1 atom stereocenters. The normalized spacial score (nSPS) is 18.7. The van der Waals surface area contributed by atoms with Crippen molar-refractivity contribution in [3.63, 3.8) is 0 Å². The number of ether oxygens (including phenoxy) is 2. The monoisotopic (exact) mass is 618 g/mol. The topological polar surface area (TPSA) is 113 Å². The lowest BCUT2D eigenvalue weighted by Gasteiger charge is -2.31. The lowest BCUT2D eigenvalue weighted by Crippen LogP contribution is -2.40. The van der Waals surface area contributed by atoms with Crippen LogP contribution < -0.4 is 4.18 Å². The molecule has 1 aromatic carbocycles. The molecule has 10 nitrogen and oxygen atoms in total. The first-order chi connectivity index (χ1) is 19.3. The molecule has 2 aliphatic heterocycles. The molecule has 222 valence electrons. The van der Waals surface area contributed by atoms with Gasteiger partial charge in [-0.05, 0) is 38.0 Å². The van der Waals surface area contributed by atoms with Gasteiger partial charge in [-0.3, -0.25) is 9.48 Å². The number of carbonyl (C=O) groups is 1. The van der Waals surface area contributed by atoms with E-state index in [1.165, 1.54) is 24.3 Å². The minimum absolute atomic E-state index is 0.0306. The van der Waals surface area contributed by atoms with Crippen LogP contribution in [-0.2, 0) is 50.3 Å². The van der Waals surface area contributed by atoms with E-state index in [1.807, 2.05) is 0 Å². The van der Waals surface area contributed by atoms with E-state index in [-0.39, 0.29) is 54.2 Å². The number of fused-ring (bicyclic) bond motifs is 1. The summed E-state index contributed by atoms with van der Waals surface area (Å²) in [6.45, 7) is 1.69. The quantitative estimate of drug-likeness (QED) is 0.297. The van der Waals surface area contributed by atoms with Gasteiger partial charge in [-0.1, -0.05) is 0 Å². The van der Waals surface area contributed by atoms with Crippen LogP contribution >= 0.6 is 11.3 Å². The average Bonchev–Trinajstić information content (AvgIpc) is 3.46. The standard InChI is InChI=1S/C25H26F4N4O6S2/c1-14-9-21(25(27,28)29)31-33(14)10-22(34)32-7-5-15(6-8-32)23-30-19(13-40-23)24-37-11-16-17(12-38-24)20(4-3-18(16)26)39-41(2,35)36/h3-4,9,13,15,24H,5-8,10-12H2,1-2H3. The third kappa shape index (κ3) is 6.71. The van der Waals surface area contributed by atoms with Crippen LogP contribution in [0.25, 0.3) is 0 Å². The molecule has 0 aliphatic carbocycles. The Morgan fingerprint density at radius 3 is 2.49 bits per heavy atom. The highest BCUT2D eigenvalue weighted by atomic mass is 32.2. The van der Waals surface area contributed by atoms with Crippen molar-refractivity contribution in [2.75, 3.05) is 19.3 Å². The van der Waals surface area contributed by atoms with Gasteiger partial charge in [-0.25, -0.2) is 9.37 Å². The summed E-state index contributed by atoms with van der Waals surface area (Å²) < 4.78 is 94.2. The zero-order valence-corrected chi connectivity index (χ0v) is 23.6.